The number of hydrogen-bond donors (Lipinski definition) is 0. The fourth-order valence-corrected chi connectivity index (χ4v) is 5.78. The minimum Gasteiger partial charge on any atom is -0.469 e. The minimum atomic E-state index is -0.0711. The van der Waals surface area contributed by atoms with Gasteiger partial charge in [0.15, 0.2) is 0 Å². The molecular weight excluding hydrogens is 312 g/mol. The number of benzene rings is 1. The normalized spacial score (nSPS) is 34.4. The fraction of sp³-hybridized carbons (Fsp3) is 0.476. The van der Waals surface area contributed by atoms with Gasteiger partial charge in [-0.05, 0) is 30.9 Å². The van der Waals surface area contributed by atoms with Crippen LogP contribution in [0.15, 0.2) is 35.9 Å². The first-order valence-electron chi connectivity index (χ1n) is 9.19. The number of allylic oxidation sites excluding steroid dienone is 1. The highest BCUT2D eigenvalue weighted by molar-refractivity contribution is 5.88. The van der Waals surface area contributed by atoms with Crippen LogP contribution in [0.1, 0.15) is 36.6 Å². The van der Waals surface area contributed by atoms with Crippen LogP contribution in [0, 0.1) is 11.8 Å². The second-order valence-electron chi connectivity index (χ2n) is 7.68. The topological polar surface area (TPSA) is 34.5 Å². The third-order valence-corrected chi connectivity index (χ3v) is 6.80. The molecule has 130 valence electrons. The van der Waals surface area contributed by atoms with E-state index in [1.54, 1.807) is 0 Å². The molecule has 4 aliphatic heterocycles. The molecule has 0 N–H and O–H groups in total. The zero-order valence-electron chi connectivity index (χ0n) is 15.0. The molecule has 4 bridgehead atoms. The molecule has 25 heavy (non-hydrogen) atoms. The first-order valence-corrected chi connectivity index (χ1v) is 9.19. The molecule has 5 aliphatic rings. The van der Waals surface area contributed by atoms with Crippen LogP contribution in [0.2, 0.25) is 0 Å². The largest absolute Gasteiger partial charge is 0.469 e. The average molecular weight is 336 g/mol. The number of rotatable bonds is 1. The summed E-state index contributed by atoms with van der Waals surface area (Å²) in [5, 5.41) is 1.31. The number of aromatic nitrogens is 1. The number of carbonyl (C=O) groups excluding carboxylic acids is 1. The van der Waals surface area contributed by atoms with Gasteiger partial charge >= 0.3 is 5.97 Å². The monoisotopic (exact) mass is 336 g/mol. The molecule has 0 amide bonds. The van der Waals surface area contributed by atoms with Gasteiger partial charge in [-0.3, -0.25) is 9.69 Å². The van der Waals surface area contributed by atoms with Crippen molar-refractivity contribution in [2.45, 2.75) is 25.3 Å². The number of ether oxygens (including phenoxy) is 1. The molecule has 3 saturated heterocycles. The summed E-state index contributed by atoms with van der Waals surface area (Å²) >= 11 is 0. The summed E-state index contributed by atoms with van der Waals surface area (Å²) in [4.78, 5) is 15.4. The second-order valence-corrected chi connectivity index (χ2v) is 7.68. The summed E-state index contributed by atoms with van der Waals surface area (Å²) < 4.78 is 7.65. The third-order valence-electron chi connectivity index (χ3n) is 6.80. The molecule has 5 heterocycles. The molecule has 4 nitrogen and oxygen atoms in total. The zero-order valence-corrected chi connectivity index (χ0v) is 15.0. The van der Waals surface area contributed by atoms with Crippen molar-refractivity contribution in [1.29, 1.82) is 0 Å². The Bertz CT molecular complexity index is 910. The lowest BCUT2D eigenvalue weighted by molar-refractivity contribution is -0.147. The van der Waals surface area contributed by atoms with Crippen molar-refractivity contribution >= 4 is 16.9 Å². The van der Waals surface area contributed by atoms with Crippen LogP contribution in [0.25, 0.3) is 10.9 Å². The first kappa shape index (κ1) is 15.2. The number of carbonyl (C=O) groups is 1. The minimum absolute atomic E-state index is 0.0439. The van der Waals surface area contributed by atoms with Gasteiger partial charge in [0.25, 0.3) is 0 Å². The van der Waals surface area contributed by atoms with Crippen molar-refractivity contribution in [2.24, 2.45) is 18.9 Å². The van der Waals surface area contributed by atoms with E-state index >= 15 is 0 Å². The van der Waals surface area contributed by atoms with Crippen molar-refractivity contribution in [3.05, 3.63) is 47.2 Å². The zero-order chi connectivity index (χ0) is 17.3. The van der Waals surface area contributed by atoms with Crippen LogP contribution >= 0.6 is 0 Å². The number of aryl methyl sites for hydroxylation is 1. The van der Waals surface area contributed by atoms with E-state index in [4.69, 9.17) is 4.74 Å². The summed E-state index contributed by atoms with van der Waals surface area (Å²) in [5.41, 5.74) is 5.50. The molecule has 1 aliphatic carbocycles. The Morgan fingerprint density at radius 3 is 2.84 bits per heavy atom. The van der Waals surface area contributed by atoms with Crippen molar-refractivity contribution in [1.82, 2.24) is 9.47 Å². The maximum atomic E-state index is 12.8. The maximum absolute atomic E-state index is 12.8. The molecular formula is C21H24N2O2. The van der Waals surface area contributed by atoms with Gasteiger partial charge in [-0.15, -0.1) is 0 Å². The highest BCUT2D eigenvalue weighted by Gasteiger charge is 2.54. The summed E-state index contributed by atoms with van der Waals surface area (Å²) in [6, 6.07) is 9.04. The van der Waals surface area contributed by atoms with Crippen molar-refractivity contribution in [3.8, 4) is 0 Å². The molecule has 1 aromatic heterocycles. The van der Waals surface area contributed by atoms with Crippen LogP contribution in [-0.4, -0.2) is 35.6 Å². The van der Waals surface area contributed by atoms with E-state index in [0.29, 0.717) is 12.0 Å². The van der Waals surface area contributed by atoms with Crippen LogP contribution in [-0.2, 0) is 16.6 Å². The van der Waals surface area contributed by atoms with E-state index in [1.165, 1.54) is 34.8 Å². The SMILES string of the molecule is CC=C1CN2C[C@H]3c4c(n(C)c5ccccc45)[C@@H]2C[C@H]1[C@@H]3C(=O)OC. The van der Waals surface area contributed by atoms with Crippen molar-refractivity contribution < 1.29 is 9.53 Å². The lowest BCUT2D eigenvalue weighted by atomic mass is 9.76. The Kier molecular flexibility index (Phi) is 3.17. The standard InChI is InChI=1S/C21H24N2O2/c1-4-12-10-23-11-15-18-13-7-5-6-8-16(13)22(2)20(18)17(23)9-14(12)19(15)21(24)25-3/h4-8,14-15,17,19H,9-11H2,1-3H3/t14-,15+,17+,19+/m1/s1. The number of esters is 1. The van der Waals surface area contributed by atoms with Gasteiger partial charge in [-0.1, -0.05) is 29.8 Å². The molecule has 0 radical (unpaired) electrons. The summed E-state index contributed by atoms with van der Waals surface area (Å²) in [7, 11) is 3.71. The van der Waals surface area contributed by atoms with Crippen molar-refractivity contribution in [3.63, 3.8) is 0 Å². The Morgan fingerprint density at radius 1 is 1.28 bits per heavy atom. The molecule has 2 aromatic rings. The smallest absolute Gasteiger partial charge is 0.309 e. The molecule has 1 aromatic carbocycles. The van der Waals surface area contributed by atoms with E-state index in [0.717, 1.165) is 19.5 Å². The molecule has 0 saturated carbocycles. The van der Waals surface area contributed by atoms with E-state index in [-0.39, 0.29) is 17.8 Å². The lowest BCUT2D eigenvalue weighted by Gasteiger charge is -2.40. The number of nitrogens with zero attached hydrogens (tertiary/aromatic N) is 2. The van der Waals surface area contributed by atoms with E-state index < -0.39 is 0 Å². The van der Waals surface area contributed by atoms with Gasteiger partial charge in [0.05, 0.1) is 19.1 Å². The molecule has 0 spiro atoms. The highest BCUT2D eigenvalue weighted by atomic mass is 16.5. The van der Waals surface area contributed by atoms with Crippen LogP contribution in [0.3, 0.4) is 0 Å². The van der Waals surface area contributed by atoms with Crippen molar-refractivity contribution in [2.75, 3.05) is 20.2 Å². The fourth-order valence-electron chi connectivity index (χ4n) is 5.78. The number of hydrogen-bond acceptors (Lipinski definition) is 3. The Labute approximate surface area is 148 Å². The van der Waals surface area contributed by atoms with Gasteiger partial charge in [0.2, 0.25) is 0 Å². The maximum Gasteiger partial charge on any atom is 0.309 e. The molecule has 4 heteroatoms. The number of para-hydroxylation sites is 1. The Balaban J connectivity index is 1.81. The third kappa shape index (κ3) is 1.83. The molecule has 3 fully saturated rings. The van der Waals surface area contributed by atoms with Gasteiger partial charge in [0, 0.05) is 42.7 Å². The summed E-state index contributed by atoms with van der Waals surface area (Å²) in [5.74, 6) is 0.406. The van der Waals surface area contributed by atoms with E-state index in [1.807, 2.05) is 0 Å². The Morgan fingerprint density at radius 2 is 2.08 bits per heavy atom. The first-order chi connectivity index (χ1) is 12.2. The van der Waals surface area contributed by atoms with Gasteiger partial charge in [0.1, 0.15) is 0 Å². The summed E-state index contributed by atoms with van der Waals surface area (Å²) in [6.07, 6.45) is 3.24. The van der Waals surface area contributed by atoms with Crippen LogP contribution in [0.5, 0.6) is 0 Å². The van der Waals surface area contributed by atoms with Gasteiger partial charge in [-0.2, -0.15) is 0 Å². The van der Waals surface area contributed by atoms with E-state index in [2.05, 4.69) is 53.8 Å². The summed E-state index contributed by atoms with van der Waals surface area (Å²) in [6.45, 7) is 4.05. The number of fused-ring (bicyclic) bond motifs is 2. The van der Waals surface area contributed by atoms with Crippen LogP contribution in [0.4, 0.5) is 0 Å². The molecule has 5 atom stereocenters. The Hall–Kier alpha value is -2.07. The number of piperidine rings is 1. The number of methoxy groups -OCH3 is 1. The van der Waals surface area contributed by atoms with Gasteiger partial charge in [-0.25, -0.2) is 0 Å². The highest BCUT2D eigenvalue weighted by Crippen LogP contribution is 2.57. The predicted molar refractivity (Wildman–Crippen MR) is 97.3 cm³/mol. The average Bonchev–Trinajstić information content (AvgIpc) is 2.77. The van der Waals surface area contributed by atoms with Crippen LogP contribution < -0.4 is 0 Å². The molecule has 1 unspecified atom stereocenters. The lowest BCUT2D eigenvalue weighted by Crippen LogP contribution is -2.40. The quantitative estimate of drug-likeness (QED) is 0.591. The van der Waals surface area contributed by atoms with E-state index in [9.17, 15) is 4.79 Å². The van der Waals surface area contributed by atoms with Gasteiger partial charge < -0.3 is 9.30 Å². The second kappa shape index (κ2) is 5.21. The molecule has 7 rings (SSSR count). The predicted octanol–water partition coefficient (Wildman–Crippen LogP) is 3.39.